The van der Waals surface area contributed by atoms with E-state index < -0.39 is 17.9 Å². The Morgan fingerprint density at radius 1 is 1.08 bits per heavy atom. The molecule has 0 aliphatic carbocycles. The molecule has 2 N–H and O–H groups in total. The van der Waals surface area contributed by atoms with Crippen molar-refractivity contribution < 1.29 is 23.9 Å². The molecule has 2 rings (SSSR count). The fourth-order valence-electron chi connectivity index (χ4n) is 2.49. The lowest BCUT2D eigenvalue weighted by atomic mass is 10.1. The molecule has 1 aliphatic heterocycles. The maximum absolute atomic E-state index is 12.3. The van der Waals surface area contributed by atoms with Crippen molar-refractivity contribution in [2.45, 2.75) is 26.8 Å². The number of benzene rings is 1. The largest absolute Gasteiger partial charge is 0.450 e. The summed E-state index contributed by atoms with van der Waals surface area (Å²) in [5.41, 5.74) is 0.817. The molecule has 8 nitrogen and oxygen atoms in total. The van der Waals surface area contributed by atoms with Gasteiger partial charge in [-0.05, 0) is 39.0 Å². The highest BCUT2D eigenvalue weighted by Crippen LogP contribution is 2.25. The lowest BCUT2D eigenvalue weighted by Gasteiger charge is -2.17. The summed E-state index contributed by atoms with van der Waals surface area (Å²) < 4.78 is 4.70. The van der Waals surface area contributed by atoms with E-state index in [-0.39, 0.29) is 42.8 Å². The Kier molecular flexibility index (Phi) is 5.74. The lowest BCUT2D eigenvalue weighted by molar-refractivity contribution is 0.0608. The highest BCUT2D eigenvalue weighted by Gasteiger charge is 2.37. The Balaban J connectivity index is 1.99. The second-order valence-corrected chi connectivity index (χ2v) is 5.74. The van der Waals surface area contributed by atoms with Crippen molar-refractivity contribution in [1.82, 2.24) is 15.5 Å². The van der Waals surface area contributed by atoms with Crippen LogP contribution in [0.2, 0.25) is 0 Å². The van der Waals surface area contributed by atoms with Crippen molar-refractivity contribution in [2.24, 2.45) is 0 Å². The van der Waals surface area contributed by atoms with Crippen LogP contribution in [0.25, 0.3) is 0 Å². The number of imide groups is 1. The molecule has 0 saturated heterocycles. The molecule has 0 fully saturated rings. The summed E-state index contributed by atoms with van der Waals surface area (Å²) >= 11 is 0. The average molecular weight is 347 g/mol. The molecule has 8 heteroatoms. The van der Waals surface area contributed by atoms with Gasteiger partial charge in [-0.15, -0.1) is 0 Å². The second kappa shape index (κ2) is 7.78. The van der Waals surface area contributed by atoms with E-state index in [1.54, 1.807) is 20.8 Å². The number of amides is 4. The molecular formula is C17H21N3O5. The predicted octanol–water partition coefficient (Wildman–Crippen LogP) is 1.17. The van der Waals surface area contributed by atoms with Gasteiger partial charge in [0.15, 0.2) is 0 Å². The Labute approximate surface area is 145 Å². The molecule has 25 heavy (non-hydrogen) atoms. The standard InChI is InChI=1S/C17H21N3O5/c1-4-25-17(24)19-8-7-18-14(21)11-5-6-12-13(9-11)16(23)20(10(2)3)15(12)22/h5-6,9-10H,4,7-8H2,1-3H3,(H,18,21)(H,19,24). The van der Waals surface area contributed by atoms with Crippen LogP contribution >= 0.6 is 0 Å². The number of alkyl carbamates (subject to hydrolysis) is 1. The van der Waals surface area contributed by atoms with E-state index in [0.29, 0.717) is 5.56 Å². The summed E-state index contributed by atoms with van der Waals surface area (Å²) in [5.74, 6) is -1.13. The van der Waals surface area contributed by atoms with Crippen molar-refractivity contribution in [3.05, 3.63) is 34.9 Å². The van der Waals surface area contributed by atoms with Crippen molar-refractivity contribution in [3.63, 3.8) is 0 Å². The Morgan fingerprint density at radius 2 is 1.72 bits per heavy atom. The number of hydrogen-bond acceptors (Lipinski definition) is 5. The van der Waals surface area contributed by atoms with Crippen LogP contribution in [0.5, 0.6) is 0 Å². The van der Waals surface area contributed by atoms with Crippen LogP contribution in [-0.2, 0) is 4.74 Å². The van der Waals surface area contributed by atoms with Crippen LogP contribution in [0, 0.1) is 0 Å². The molecule has 1 heterocycles. The van der Waals surface area contributed by atoms with Crippen LogP contribution in [-0.4, -0.2) is 54.5 Å². The molecule has 134 valence electrons. The Morgan fingerprint density at radius 3 is 2.36 bits per heavy atom. The molecule has 0 aromatic heterocycles. The smallest absolute Gasteiger partial charge is 0.407 e. The van der Waals surface area contributed by atoms with Crippen molar-refractivity contribution in [1.29, 1.82) is 0 Å². The number of nitrogens with zero attached hydrogens (tertiary/aromatic N) is 1. The predicted molar refractivity (Wildman–Crippen MR) is 89.4 cm³/mol. The summed E-state index contributed by atoms with van der Waals surface area (Å²) in [7, 11) is 0. The van der Waals surface area contributed by atoms with Gasteiger partial charge in [0, 0.05) is 24.7 Å². The maximum Gasteiger partial charge on any atom is 0.407 e. The van der Waals surface area contributed by atoms with Crippen molar-refractivity contribution >= 4 is 23.8 Å². The van der Waals surface area contributed by atoms with Gasteiger partial charge < -0.3 is 15.4 Å². The molecule has 0 saturated carbocycles. The first-order valence-electron chi connectivity index (χ1n) is 8.07. The van der Waals surface area contributed by atoms with E-state index >= 15 is 0 Å². The average Bonchev–Trinajstić information content (AvgIpc) is 2.82. The highest BCUT2D eigenvalue weighted by atomic mass is 16.5. The van der Waals surface area contributed by atoms with Gasteiger partial charge in [-0.1, -0.05) is 0 Å². The third-order valence-corrected chi connectivity index (χ3v) is 3.65. The quantitative estimate of drug-likeness (QED) is 0.594. The van der Waals surface area contributed by atoms with Gasteiger partial charge in [0.2, 0.25) is 0 Å². The molecule has 0 atom stereocenters. The zero-order valence-corrected chi connectivity index (χ0v) is 14.4. The van der Waals surface area contributed by atoms with Gasteiger partial charge in [-0.2, -0.15) is 0 Å². The lowest BCUT2D eigenvalue weighted by Crippen LogP contribution is -2.36. The molecule has 0 bridgehead atoms. The van der Waals surface area contributed by atoms with E-state index in [9.17, 15) is 19.2 Å². The van der Waals surface area contributed by atoms with Gasteiger partial charge in [0.1, 0.15) is 0 Å². The molecule has 1 aromatic rings. The molecular weight excluding hydrogens is 326 g/mol. The normalized spacial score (nSPS) is 13.0. The highest BCUT2D eigenvalue weighted by molar-refractivity contribution is 6.22. The summed E-state index contributed by atoms with van der Waals surface area (Å²) in [4.78, 5) is 49.0. The van der Waals surface area contributed by atoms with E-state index in [1.165, 1.54) is 23.1 Å². The van der Waals surface area contributed by atoms with E-state index in [0.717, 1.165) is 0 Å². The van der Waals surface area contributed by atoms with E-state index in [2.05, 4.69) is 10.6 Å². The van der Waals surface area contributed by atoms with E-state index in [1.807, 2.05) is 0 Å². The number of hydrogen-bond donors (Lipinski definition) is 2. The molecule has 0 spiro atoms. The number of carbonyl (C=O) groups excluding carboxylic acids is 4. The van der Waals surface area contributed by atoms with Gasteiger partial charge in [0.05, 0.1) is 17.7 Å². The second-order valence-electron chi connectivity index (χ2n) is 5.74. The molecule has 4 amide bonds. The van der Waals surface area contributed by atoms with Crippen LogP contribution in [0.1, 0.15) is 51.8 Å². The zero-order valence-electron chi connectivity index (χ0n) is 14.4. The monoisotopic (exact) mass is 347 g/mol. The number of rotatable bonds is 6. The van der Waals surface area contributed by atoms with Gasteiger partial charge in [0.25, 0.3) is 17.7 Å². The number of ether oxygens (including phenoxy) is 1. The summed E-state index contributed by atoms with van der Waals surface area (Å²) in [5, 5.41) is 5.11. The van der Waals surface area contributed by atoms with Crippen LogP contribution in [0.15, 0.2) is 18.2 Å². The first kappa shape index (κ1) is 18.4. The first-order chi connectivity index (χ1) is 11.9. The molecule has 0 radical (unpaired) electrons. The number of fused-ring (bicyclic) bond motifs is 1. The summed E-state index contributed by atoms with van der Waals surface area (Å²) in [6.07, 6.45) is -0.549. The molecule has 1 aliphatic rings. The summed E-state index contributed by atoms with van der Waals surface area (Å²) in [6.45, 7) is 5.90. The maximum atomic E-state index is 12.3. The van der Waals surface area contributed by atoms with E-state index in [4.69, 9.17) is 4.74 Å². The Hall–Kier alpha value is -2.90. The third-order valence-electron chi connectivity index (χ3n) is 3.65. The first-order valence-corrected chi connectivity index (χ1v) is 8.07. The Bertz CT molecular complexity index is 714. The summed E-state index contributed by atoms with van der Waals surface area (Å²) in [6, 6.07) is 4.16. The zero-order chi connectivity index (χ0) is 18.6. The minimum absolute atomic E-state index is 0.208. The molecule has 0 unspecified atom stereocenters. The molecule has 1 aromatic carbocycles. The van der Waals surface area contributed by atoms with Crippen molar-refractivity contribution in [3.8, 4) is 0 Å². The van der Waals surface area contributed by atoms with Crippen molar-refractivity contribution in [2.75, 3.05) is 19.7 Å². The van der Waals surface area contributed by atoms with Crippen LogP contribution in [0.3, 0.4) is 0 Å². The van der Waals surface area contributed by atoms with Gasteiger partial charge in [-0.25, -0.2) is 4.79 Å². The number of carbonyl (C=O) groups is 4. The van der Waals surface area contributed by atoms with Gasteiger partial charge >= 0.3 is 6.09 Å². The van der Waals surface area contributed by atoms with Crippen LogP contribution in [0.4, 0.5) is 4.79 Å². The third kappa shape index (κ3) is 3.96. The topological polar surface area (TPSA) is 105 Å². The minimum atomic E-state index is -0.549. The fourth-order valence-corrected chi connectivity index (χ4v) is 2.49. The van der Waals surface area contributed by atoms with Crippen LogP contribution < -0.4 is 10.6 Å². The fraction of sp³-hybridized carbons (Fsp3) is 0.412. The minimum Gasteiger partial charge on any atom is -0.450 e. The number of nitrogens with one attached hydrogen (secondary N) is 2. The SMILES string of the molecule is CCOC(=O)NCCNC(=O)c1ccc2c(c1)C(=O)N(C(C)C)C2=O. The van der Waals surface area contributed by atoms with Gasteiger partial charge in [-0.3, -0.25) is 19.3 Å².